The van der Waals surface area contributed by atoms with Gasteiger partial charge in [-0.1, -0.05) is 24.3 Å². The third-order valence-electron chi connectivity index (χ3n) is 6.52. The summed E-state index contributed by atoms with van der Waals surface area (Å²) in [4.78, 5) is 41.7. The van der Waals surface area contributed by atoms with E-state index in [0.717, 1.165) is 51.3 Å². The van der Waals surface area contributed by atoms with Gasteiger partial charge in [0.15, 0.2) is 0 Å². The Labute approximate surface area is 207 Å². The fourth-order valence-electron chi connectivity index (χ4n) is 4.65. The summed E-state index contributed by atoms with van der Waals surface area (Å²) in [6, 6.07) is 16.8. The van der Waals surface area contributed by atoms with E-state index in [0.29, 0.717) is 18.0 Å². The molecule has 1 N–H and O–H groups in total. The zero-order valence-corrected chi connectivity index (χ0v) is 20.3. The highest BCUT2D eigenvalue weighted by Crippen LogP contribution is 2.34. The number of hydrogen-bond donors (Lipinski definition) is 1. The van der Waals surface area contributed by atoms with Crippen molar-refractivity contribution in [1.29, 1.82) is 0 Å². The van der Waals surface area contributed by atoms with Crippen molar-refractivity contribution < 1.29 is 19.5 Å². The fraction of sp³-hybridized carbons (Fsp3) is 0.222. The monoisotopic (exact) mass is 487 g/mol. The molecule has 3 aromatic rings. The number of phenolic OH excluding ortho intramolecular Hbond substituents is 1. The van der Waals surface area contributed by atoms with E-state index in [-0.39, 0.29) is 18.2 Å². The first-order valence-corrected chi connectivity index (χ1v) is 12.2. The summed E-state index contributed by atoms with van der Waals surface area (Å²) < 4.78 is 2.02. The molecular formula is C27H25N3O4S. The van der Waals surface area contributed by atoms with E-state index >= 15 is 0 Å². The lowest BCUT2D eigenvalue weighted by Crippen LogP contribution is -2.44. The molecule has 178 valence electrons. The molecule has 0 aliphatic carbocycles. The summed E-state index contributed by atoms with van der Waals surface area (Å²) >= 11 is 0.861. The number of fused-ring (bicyclic) bond motifs is 1. The average Bonchev–Trinajstić information content (AvgIpc) is 3.28. The number of thioether (sulfide) groups is 1. The summed E-state index contributed by atoms with van der Waals surface area (Å²) in [6.07, 6.45) is 2.48. The van der Waals surface area contributed by atoms with Crippen molar-refractivity contribution in [2.24, 2.45) is 0 Å². The highest BCUT2D eigenvalue weighted by atomic mass is 32.2. The van der Waals surface area contributed by atoms with E-state index in [2.05, 4.69) is 6.07 Å². The van der Waals surface area contributed by atoms with Crippen molar-refractivity contribution >= 4 is 34.9 Å². The second-order valence-electron chi connectivity index (χ2n) is 8.78. The van der Waals surface area contributed by atoms with Gasteiger partial charge in [0, 0.05) is 30.2 Å². The Morgan fingerprint density at radius 2 is 1.77 bits per heavy atom. The quantitative estimate of drug-likeness (QED) is 0.551. The Bertz CT molecular complexity index is 1370. The molecule has 2 aliphatic heterocycles. The number of benzene rings is 2. The normalized spacial score (nSPS) is 16.8. The second-order valence-corrected chi connectivity index (χ2v) is 9.77. The Morgan fingerprint density at radius 3 is 2.51 bits per heavy atom. The highest BCUT2D eigenvalue weighted by molar-refractivity contribution is 8.18. The van der Waals surface area contributed by atoms with Gasteiger partial charge < -0.3 is 14.6 Å². The van der Waals surface area contributed by atoms with E-state index < -0.39 is 11.1 Å². The van der Waals surface area contributed by atoms with Gasteiger partial charge >= 0.3 is 0 Å². The van der Waals surface area contributed by atoms with Crippen LogP contribution in [0.3, 0.4) is 0 Å². The first kappa shape index (κ1) is 23.0. The van der Waals surface area contributed by atoms with Gasteiger partial charge in [-0.05, 0) is 85.1 Å². The summed E-state index contributed by atoms with van der Waals surface area (Å²) in [7, 11) is 0. The predicted molar refractivity (Wildman–Crippen MR) is 135 cm³/mol. The van der Waals surface area contributed by atoms with Crippen LogP contribution >= 0.6 is 11.8 Å². The van der Waals surface area contributed by atoms with Crippen molar-refractivity contribution in [3.05, 3.63) is 87.6 Å². The zero-order chi connectivity index (χ0) is 24.7. The van der Waals surface area contributed by atoms with Crippen LogP contribution in [0.15, 0.2) is 59.5 Å². The molecule has 7 nitrogen and oxygen atoms in total. The number of imide groups is 1. The molecule has 3 amide bonds. The molecule has 35 heavy (non-hydrogen) atoms. The maximum atomic E-state index is 13.1. The minimum atomic E-state index is -0.444. The van der Waals surface area contributed by atoms with Crippen LogP contribution in [0.1, 0.15) is 28.1 Å². The molecule has 8 heteroatoms. The molecule has 2 aliphatic rings. The Morgan fingerprint density at radius 1 is 1.06 bits per heavy atom. The number of carbonyl (C=O) groups excluding carboxylic acids is 3. The van der Waals surface area contributed by atoms with Crippen molar-refractivity contribution in [3.8, 4) is 11.4 Å². The number of rotatable bonds is 4. The van der Waals surface area contributed by atoms with Gasteiger partial charge in [0.05, 0.1) is 4.91 Å². The van der Waals surface area contributed by atoms with Gasteiger partial charge in [0.2, 0.25) is 5.91 Å². The first-order chi connectivity index (χ1) is 16.8. The third kappa shape index (κ3) is 4.37. The summed E-state index contributed by atoms with van der Waals surface area (Å²) in [5.74, 6) is -0.484. The Kier molecular flexibility index (Phi) is 5.98. The lowest BCUT2D eigenvalue weighted by atomic mass is 10.00. The maximum absolute atomic E-state index is 13.1. The largest absolute Gasteiger partial charge is 0.508 e. The van der Waals surface area contributed by atoms with Crippen LogP contribution in [0.5, 0.6) is 5.75 Å². The van der Waals surface area contributed by atoms with Gasteiger partial charge in [-0.2, -0.15) is 0 Å². The van der Waals surface area contributed by atoms with Gasteiger partial charge in [0.1, 0.15) is 12.3 Å². The number of nitrogens with zero attached hydrogens (tertiary/aromatic N) is 3. The molecule has 1 saturated heterocycles. The SMILES string of the molecule is Cc1cc(/C=C2\SC(=O)N(CC(=O)N3CCc4ccccc4C3)C2=O)c(C)n1-c1ccc(O)cc1. The van der Waals surface area contributed by atoms with Crippen LogP contribution in [0.25, 0.3) is 11.8 Å². The molecule has 0 atom stereocenters. The van der Waals surface area contributed by atoms with Crippen molar-refractivity contribution in [2.75, 3.05) is 13.1 Å². The number of amides is 3. The molecule has 2 aromatic carbocycles. The van der Waals surface area contributed by atoms with Crippen LogP contribution in [-0.4, -0.2) is 49.6 Å². The van der Waals surface area contributed by atoms with Crippen molar-refractivity contribution in [1.82, 2.24) is 14.4 Å². The van der Waals surface area contributed by atoms with E-state index in [4.69, 9.17) is 0 Å². The Balaban J connectivity index is 1.33. The van der Waals surface area contributed by atoms with Crippen LogP contribution in [0.2, 0.25) is 0 Å². The standard InChI is InChI=1S/C27H25N3O4S/c1-17-13-21(18(2)30(17)22-7-9-23(31)10-8-22)14-24-26(33)29(27(34)35-24)16-25(32)28-12-11-19-5-3-4-6-20(19)15-28/h3-10,13-14,31H,11-12,15-16H2,1-2H3/b24-14-. The minimum absolute atomic E-state index is 0.188. The molecule has 0 unspecified atom stereocenters. The molecule has 1 fully saturated rings. The fourth-order valence-corrected chi connectivity index (χ4v) is 5.48. The van der Waals surface area contributed by atoms with Gasteiger partial charge in [-0.3, -0.25) is 19.3 Å². The molecule has 0 spiro atoms. The summed E-state index contributed by atoms with van der Waals surface area (Å²) in [5.41, 5.74) is 5.90. The van der Waals surface area contributed by atoms with Crippen LogP contribution in [0, 0.1) is 13.8 Å². The second kappa shape index (κ2) is 9.11. The van der Waals surface area contributed by atoms with E-state index in [1.165, 1.54) is 5.56 Å². The van der Waals surface area contributed by atoms with Crippen LogP contribution in [0.4, 0.5) is 4.79 Å². The Hall–Kier alpha value is -3.78. The number of aromatic nitrogens is 1. The lowest BCUT2D eigenvalue weighted by molar-refractivity contribution is -0.136. The number of aryl methyl sites for hydroxylation is 1. The average molecular weight is 488 g/mol. The number of aromatic hydroxyl groups is 1. The van der Waals surface area contributed by atoms with E-state index in [9.17, 15) is 19.5 Å². The molecule has 0 bridgehead atoms. The third-order valence-corrected chi connectivity index (χ3v) is 7.42. The molecule has 5 rings (SSSR count). The summed E-state index contributed by atoms with van der Waals surface area (Å²) in [5, 5.41) is 9.15. The van der Waals surface area contributed by atoms with E-state index in [1.54, 1.807) is 23.1 Å². The smallest absolute Gasteiger partial charge is 0.294 e. The zero-order valence-electron chi connectivity index (χ0n) is 19.5. The number of carbonyl (C=O) groups is 3. The van der Waals surface area contributed by atoms with Gasteiger partial charge in [-0.25, -0.2) is 0 Å². The van der Waals surface area contributed by atoms with E-state index in [1.807, 2.05) is 54.8 Å². The number of phenols is 1. The topological polar surface area (TPSA) is 82.9 Å². The molecular weight excluding hydrogens is 462 g/mol. The maximum Gasteiger partial charge on any atom is 0.294 e. The van der Waals surface area contributed by atoms with Crippen molar-refractivity contribution in [3.63, 3.8) is 0 Å². The number of hydrogen-bond acceptors (Lipinski definition) is 5. The summed E-state index contributed by atoms with van der Waals surface area (Å²) in [6.45, 7) is 4.71. The lowest BCUT2D eigenvalue weighted by Gasteiger charge is -2.29. The van der Waals surface area contributed by atoms with Crippen LogP contribution in [-0.2, 0) is 22.6 Å². The molecule has 0 saturated carbocycles. The van der Waals surface area contributed by atoms with Gasteiger partial charge in [0.25, 0.3) is 11.1 Å². The van der Waals surface area contributed by atoms with Crippen molar-refractivity contribution in [2.45, 2.75) is 26.8 Å². The predicted octanol–water partition coefficient (Wildman–Crippen LogP) is 4.42. The van der Waals surface area contributed by atoms with Gasteiger partial charge in [-0.15, -0.1) is 0 Å². The highest BCUT2D eigenvalue weighted by Gasteiger charge is 2.37. The van der Waals surface area contributed by atoms with Crippen LogP contribution < -0.4 is 0 Å². The minimum Gasteiger partial charge on any atom is -0.508 e. The molecule has 3 heterocycles. The molecule has 0 radical (unpaired) electrons. The molecule has 1 aromatic heterocycles. The first-order valence-electron chi connectivity index (χ1n) is 11.4.